The van der Waals surface area contributed by atoms with Crippen LogP contribution in [0.3, 0.4) is 0 Å². The van der Waals surface area contributed by atoms with Gasteiger partial charge in [-0.25, -0.2) is 0 Å². The van der Waals surface area contributed by atoms with Crippen LogP contribution in [0, 0.1) is 0 Å². The van der Waals surface area contributed by atoms with Crippen molar-refractivity contribution in [3.05, 3.63) is 53.6 Å². The van der Waals surface area contributed by atoms with Crippen molar-refractivity contribution in [2.24, 2.45) is 0 Å². The molecule has 2 aliphatic heterocycles. The highest BCUT2D eigenvalue weighted by molar-refractivity contribution is 6.08. The molecule has 0 aliphatic carbocycles. The molecule has 2 aromatic rings. The molecule has 0 radical (unpaired) electrons. The van der Waals surface area contributed by atoms with Crippen LogP contribution >= 0.6 is 0 Å². The molecule has 2 aromatic carbocycles. The molecule has 0 bridgehead atoms. The van der Waals surface area contributed by atoms with Gasteiger partial charge in [0, 0.05) is 17.3 Å². The Morgan fingerprint density at radius 3 is 2.96 bits per heavy atom. The molecular formula is C19H18N2O3. The average molecular weight is 322 g/mol. The molecule has 0 saturated heterocycles. The van der Waals surface area contributed by atoms with Crippen molar-refractivity contribution >= 4 is 23.2 Å². The predicted molar refractivity (Wildman–Crippen MR) is 91.6 cm³/mol. The Morgan fingerprint density at radius 2 is 2.08 bits per heavy atom. The fraction of sp³-hybridized carbons (Fsp3) is 0.263. The topological polar surface area (TPSA) is 58.6 Å². The maximum Gasteiger partial charge on any atom is 0.262 e. The summed E-state index contributed by atoms with van der Waals surface area (Å²) in [6.45, 7) is 2.08. The number of carbonyl (C=O) groups excluding carboxylic acids is 2. The van der Waals surface area contributed by atoms with Crippen molar-refractivity contribution in [3.63, 3.8) is 0 Å². The minimum absolute atomic E-state index is 0.0107. The normalized spacial score (nSPS) is 19.0. The molecular weight excluding hydrogens is 304 g/mol. The Labute approximate surface area is 140 Å². The van der Waals surface area contributed by atoms with Gasteiger partial charge >= 0.3 is 0 Å². The number of aryl methyl sites for hydroxylation is 1. The quantitative estimate of drug-likeness (QED) is 0.878. The van der Waals surface area contributed by atoms with Gasteiger partial charge in [0.05, 0.1) is 5.69 Å². The average Bonchev–Trinajstić information content (AvgIpc) is 2.60. The summed E-state index contributed by atoms with van der Waals surface area (Å²) in [6.07, 6.45) is 1.92. The van der Waals surface area contributed by atoms with Crippen molar-refractivity contribution in [1.29, 1.82) is 0 Å². The lowest BCUT2D eigenvalue weighted by atomic mass is 9.95. The second-order valence-corrected chi connectivity index (χ2v) is 6.24. The van der Waals surface area contributed by atoms with E-state index < -0.39 is 0 Å². The summed E-state index contributed by atoms with van der Waals surface area (Å²) in [7, 11) is 0. The number of rotatable bonds is 1. The van der Waals surface area contributed by atoms with Crippen molar-refractivity contribution in [2.45, 2.75) is 25.8 Å². The summed E-state index contributed by atoms with van der Waals surface area (Å²) in [5, 5.41) is 2.75. The maximum atomic E-state index is 13.1. The van der Waals surface area contributed by atoms with Crippen LogP contribution in [0.2, 0.25) is 0 Å². The molecule has 5 heteroatoms. The number of anilines is 2. The monoisotopic (exact) mass is 322 g/mol. The Kier molecular flexibility index (Phi) is 3.49. The summed E-state index contributed by atoms with van der Waals surface area (Å²) < 4.78 is 5.36. The van der Waals surface area contributed by atoms with E-state index in [1.54, 1.807) is 18.2 Å². The van der Waals surface area contributed by atoms with Crippen LogP contribution in [0.1, 0.15) is 29.3 Å². The Morgan fingerprint density at radius 1 is 1.25 bits per heavy atom. The van der Waals surface area contributed by atoms with E-state index >= 15 is 0 Å². The Balaban J connectivity index is 1.71. The lowest BCUT2D eigenvalue weighted by Crippen LogP contribution is -2.42. The zero-order valence-corrected chi connectivity index (χ0v) is 13.4. The van der Waals surface area contributed by atoms with Crippen LogP contribution < -0.4 is 15.0 Å². The van der Waals surface area contributed by atoms with Crippen molar-refractivity contribution in [1.82, 2.24) is 0 Å². The molecule has 4 rings (SSSR count). The van der Waals surface area contributed by atoms with E-state index in [1.807, 2.05) is 23.1 Å². The molecule has 122 valence electrons. The van der Waals surface area contributed by atoms with Gasteiger partial charge in [-0.2, -0.15) is 0 Å². The number of amides is 2. The molecule has 0 aromatic heterocycles. The summed E-state index contributed by atoms with van der Waals surface area (Å²) >= 11 is 0. The molecule has 0 fully saturated rings. The molecule has 2 heterocycles. The SMILES string of the molecule is CC1CCc2ccccc2N1C(=O)c1ccc2c(c1)NC(=O)CO2. The largest absolute Gasteiger partial charge is 0.482 e. The van der Waals surface area contributed by atoms with Gasteiger partial charge in [0.15, 0.2) is 6.61 Å². The lowest BCUT2D eigenvalue weighted by molar-refractivity contribution is -0.118. The summed E-state index contributed by atoms with van der Waals surface area (Å²) in [6, 6.07) is 13.3. The molecule has 0 saturated carbocycles. The third-order valence-corrected chi connectivity index (χ3v) is 4.60. The van der Waals surface area contributed by atoms with Gasteiger partial charge in [-0.1, -0.05) is 18.2 Å². The van der Waals surface area contributed by atoms with E-state index in [-0.39, 0.29) is 24.5 Å². The highest BCUT2D eigenvalue weighted by Gasteiger charge is 2.29. The smallest absolute Gasteiger partial charge is 0.262 e. The molecule has 1 unspecified atom stereocenters. The molecule has 2 amide bonds. The number of nitrogens with zero attached hydrogens (tertiary/aromatic N) is 1. The van der Waals surface area contributed by atoms with Crippen LogP contribution in [0.4, 0.5) is 11.4 Å². The van der Waals surface area contributed by atoms with E-state index in [2.05, 4.69) is 18.3 Å². The first kappa shape index (κ1) is 14.8. The minimum atomic E-state index is -0.205. The number of nitrogens with one attached hydrogen (secondary N) is 1. The summed E-state index contributed by atoms with van der Waals surface area (Å²) in [5.41, 5.74) is 3.26. The number of para-hydroxylation sites is 1. The van der Waals surface area contributed by atoms with E-state index in [0.29, 0.717) is 17.0 Å². The van der Waals surface area contributed by atoms with Crippen molar-refractivity contribution < 1.29 is 14.3 Å². The summed E-state index contributed by atoms with van der Waals surface area (Å²) in [5.74, 6) is 0.333. The minimum Gasteiger partial charge on any atom is -0.482 e. The highest BCUT2D eigenvalue weighted by atomic mass is 16.5. The number of hydrogen-bond acceptors (Lipinski definition) is 3. The van der Waals surface area contributed by atoms with Crippen LogP contribution in [-0.4, -0.2) is 24.5 Å². The predicted octanol–water partition coefficient (Wildman–Crippen LogP) is 3.00. The van der Waals surface area contributed by atoms with Gasteiger partial charge in [-0.3, -0.25) is 9.59 Å². The van der Waals surface area contributed by atoms with E-state index in [0.717, 1.165) is 18.5 Å². The van der Waals surface area contributed by atoms with Gasteiger partial charge in [-0.15, -0.1) is 0 Å². The van der Waals surface area contributed by atoms with Crippen LogP contribution in [0.15, 0.2) is 42.5 Å². The molecule has 2 aliphatic rings. The third kappa shape index (κ3) is 2.42. The zero-order valence-electron chi connectivity index (χ0n) is 13.4. The maximum absolute atomic E-state index is 13.1. The van der Waals surface area contributed by atoms with Gasteiger partial charge in [-0.05, 0) is 49.6 Å². The fourth-order valence-electron chi connectivity index (χ4n) is 3.35. The van der Waals surface area contributed by atoms with Gasteiger partial charge in [0.1, 0.15) is 5.75 Å². The number of ether oxygens (including phenoxy) is 1. The van der Waals surface area contributed by atoms with Gasteiger partial charge in [0.25, 0.3) is 11.8 Å². The fourth-order valence-corrected chi connectivity index (χ4v) is 3.35. The van der Waals surface area contributed by atoms with Crippen LogP contribution in [0.25, 0.3) is 0 Å². The number of carbonyl (C=O) groups is 2. The molecule has 0 spiro atoms. The third-order valence-electron chi connectivity index (χ3n) is 4.60. The van der Waals surface area contributed by atoms with Crippen molar-refractivity contribution in [2.75, 3.05) is 16.8 Å². The lowest BCUT2D eigenvalue weighted by Gasteiger charge is -2.35. The number of benzene rings is 2. The standard InChI is InChI=1S/C19H18N2O3/c1-12-6-7-13-4-2-3-5-16(13)21(12)19(23)14-8-9-17-15(10-14)20-18(22)11-24-17/h2-5,8-10,12H,6-7,11H2,1H3,(H,20,22). The number of hydrogen-bond donors (Lipinski definition) is 1. The molecule has 24 heavy (non-hydrogen) atoms. The van der Waals surface area contributed by atoms with E-state index in [9.17, 15) is 9.59 Å². The Hall–Kier alpha value is -2.82. The second-order valence-electron chi connectivity index (χ2n) is 6.24. The van der Waals surface area contributed by atoms with Crippen molar-refractivity contribution in [3.8, 4) is 5.75 Å². The first-order valence-electron chi connectivity index (χ1n) is 8.11. The molecule has 1 N–H and O–H groups in total. The van der Waals surface area contributed by atoms with Gasteiger partial charge in [0.2, 0.25) is 0 Å². The summed E-state index contributed by atoms with van der Waals surface area (Å²) in [4.78, 5) is 26.5. The van der Waals surface area contributed by atoms with E-state index in [4.69, 9.17) is 4.74 Å². The first-order valence-corrected chi connectivity index (χ1v) is 8.11. The highest BCUT2D eigenvalue weighted by Crippen LogP contribution is 2.34. The zero-order chi connectivity index (χ0) is 16.7. The van der Waals surface area contributed by atoms with E-state index in [1.165, 1.54) is 5.56 Å². The Bertz CT molecular complexity index is 831. The first-order chi connectivity index (χ1) is 11.6. The van der Waals surface area contributed by atoms with Crippen LogP contribution in [-0.2, 0) is 11.2 Å². The van der Waals surface area contributed by atoms with Crippen LogP contribution in [0.5, 0.6) is 5.75 Å². The second kappa shape index (κ2) is 5.67. The number of fused-ring (bicyclic) bond motifs is 2. The molecule has 5 nitrogen and oxygen atoms in total. The molecule has 1 atom stereocenters. The van der Waals surface area contributed by atoms with Gasteiger partial charge < -0.3 is 15.0 Å².